The van der Waals surface area contributed by atoms with E-state index in [0.29, 0.717) is 0 Å². The Morgan fingerprint density at radius 1 is 1.47 bits per heavy atom. The average Bonchev–Trinajstić information content (AvgIpc) is 3.05. The second-order valence-corrected chi connectivity index (χ2v) is 6.30. The Balaban J connectivity index is 1.77. The minimum atomic E-state index is 0.766. The molecule has 1 saturated carbocycles. The van der Waals surface area contributed by atoms with E-state index in [-0.39, 0.29) is 0 Å². The number of aliphatic imine (C=N–C) groups is 1. The van der Waals surface area contributed by atoms with Gasteiger partial charge in [-0.05, 0) is 42.9 Å². The van der Waals surface area contributed by atoms with Gasteiger partial charge in [0.2, 0.25) is 0 Å². The van der Waals surface area contributed by atoms with Crippen LogP contribution in [0.2, 0.25) is 0 Å². The molecule has 2 aliphatic rings. The number of likely N-dealkylation sites (tertiary alicyclic amines) is 1. The van der Waals surface area contributed by atoms with E-state index >= 15 is 0 Å². The third-order valence-corrected chi connectivity index (χ3v) is 4.30. The molecule has 3 atom stereocenters. The van der Waals surface area contributed by atoms with Crippen LogP contribution in [0.5, 0.6) is 0 Å². The smallest absolute Gasteiger partial charge is 0.191 e. The van der Waals surface area contributed by atoms with Crippen LogP contribution in [0.15, 0.2) is 4.99 Å². The summed E-state index contributed by atoms with van der Waals surface area (Å²) in [6, 6.07) is 0. The van der Waals surface area contributed by atoms with Crippen LogP contribution in [-0.2, 0) is 0 Å². The van der Waals surface area contributed by atoms with Crippen LogP contribution in [0.3, 0.4) is 0 Å². The van der Waals surface area contributed by atoms with Gasteiger partial charge in [0.15, 0.2) is 5.96 Å². The molecule has 2 fully saturated rings. The first kappa shape index (κ1) is 12.7. The number of hydrogen-bond donors (Lipinski definition) is 1. The summed E-state index contributed by atoms with van der Waals surface area (Å²) in [5.41, 5.74) is 6.08. The molecule has 0 aromatic heterocycles. The molecule has 17 heavy (non-hydrogen) atoms. The molecule has 3 heteroatoms. The van der Waals surface area contributed by atoms with Crippen LogP contribution in [0, 0.1) is 23.7 Å². The number of hydrogen-bond acceptors (Lipinski definition) is 1. The maximum absolute atomic E-state index is 6.08. The van der Waals surface area contributed by atoms with Gasteiger partial charge in [-0.25, -0.2) is 0 Å². The normalized spacial score (nSPS) is 34.2. The molecule has 0 radical (unpaired) electrons. The SMILES string of the molecule is CC1CCCN(C(N)=NC[C@@H]2C[C@H]2C(C)C)C1. The molecule has 2 rings (SSSR count). The maximum atomic E-state index is 6.08. The van der Waals surface area contributed by atoms with Crippen molar-refractivity contribution in [3.8, 4) is 0 Å². The monoisotopic (exact) mass is 237 g/mol. The third-order valence-electron chi connectivity index (χ3n) is 4.30. The zero-order valence-electron chi connectivity index (χ0n) is 11.5. The molecular weight excluding hydrogens is 210 g/mol. The molecule has 98 valence electrons. The zero-order valence-corrected chi connectivity index (χ0v) is 11.5. The molecule has 1 unspecified atom stereocenters. The van der Waals surface area contributed by atoms with Crippen molar-refractivity contribution in [3.63, 3.8) is 0 Å². The third kappa shape index (κ3) is 3.36. The largest absolute Gasteiger partial charge is 0.370 e. The van der Waals surface area contributed by atoms with Gasteiger partial charge >= 0.3 is 0 Å². The van der Waals surface area contributed by atoms with E-state index in [2.05, 4.69) is 30.7 Å². The second-order valence-electron chi connectivity index (χ2n) is 6.30. The van der Waals surface area contributed by atoms with Crippen molar-refractivity contribution in [3.05, 3.63) is 0 Å². The van der Waals surface area contributed by atoms with Crippen molar-refractivity contribution in [2.45, 2.75) is 40.0 Å². The lowest BCUT2D eigenvalue weighted by atomic mass is 10.0. The Morgan fingerprint density at radius 3 is 2.82 bits per heavy atom. The first-order chi connectivity index (χ1) is 8.08. The fraction of sp³-hybridized carbons (Fsp3) is 0.929. The molecular formula is C14H27N3. The lowest BCUT2D eigenvalue weighted by Gasteiger charge is -2.31. The quantitative estimate of drug-likeness (QED) is 0.604. The molecule has 0 bridgehead atoms. The highest BCUT2D eigenvalue weighted by Crippen LogP contribution is 2.44. The Kier molecular flexibility index (Phi) is 3.95. The van der Waals surface area contributed by atoms with Crippen LogP contribution in [-0.4, -0.2) is 30.5 Å². The highest BCUT2D eigenvalue weighted by molar-refractivity contribution is 5.78. The molecule has 1 saturated heterocycles. The Hall–Kier alpha value is -0.730. The van der Waals surface area contributed by atoms with Gasteiger partial charge in [0.25, 0.3) is 0 Å². The first-order valence-corrected chi connectivity index (χ1v) is 7.12. The van der Waals surface area contributed by atoms with Gasteiger partial charge in [0, 0.05) is 19.6 Å². The van der Waals surface area contributed by atoms with Crippen LogP contribution in [0.25, 0.3) is 0 Å². The van der Waals surface area contributed by atoms with Gasteiger partial charge in [-0.1, -0.05) is 20.8 Å². The van der Waals surface area contributed by atoms with E-state index < -0.39 is 0 Å². The Labute approximate surface area is 105 Å². The van der Waals surface area contributed by atoms with Gasteiger partial charge in [0.1, 0.15) is 0 Å². The van der Waals surface area contributed by atoms with Crippen LogP contribution < -0.4 is 5.73 Å². The van der Waals surface area contributed by atoms with Crippen molar-refractivity contribution in [1.82, 2.24) is 4.90 Å². The summed E-state index contributed by atoms with van der Waals surface area (Å²) in [6.07, 6.45) is 3.95. The van der Waals surface area contributed by atoms with Crippen molar-refractivity contribution < 1.29 is 0 Å². The second kappa shape index (κ2) is 5.28. The van der Waals surface area contributed by atoms with Crippen LogP contribution in [0.1, 0.15) is 40.0 Å². The molecule has 1 aliphatic heterocycles. The molecule has 0 spiro atoms. The van der Waals surface area contributed by atoms with Crippen LogP contribution in [0.4, 0.5) is 0 Å². The van der Waals surface area contributed by atoms with E-state index in [1.807, 2.05) is 0 Å². The summed E-state index contributed by atoms with van der Waals surface area (Å²) in [7, 11) is 0. The average molecular weight is 237 g/mol. The van der Waals surface area contributed by atoms with Crippen molar-refractivity contribution in [2.24, 2.45) is 34.4 Å². The molecule has 3 nitrogen and oxygen atoms in total. The van der Waals surface area contributed by atoms with Crippen molar-refractivity contribution in [1.29, 1.82) is 0 Å². The summed E-state index contributed by atoms with van der Waals surface area (Å²) in [5, 5.41) is 0. The van der Waals surface area contributed by atoms with E-state index in [1.165, 1.54) is 19.3 Å². The van der Waals surface area contributed by atoms with Gasteiger partial charge in [0.05, 0.1) is 0 Å². The van der Waals surface area contributed by atoms with Crippen molar-refractivity contribution in [2.75, 3.05) is 19.6 Å². The van der Waals surface area contributed by atoms with Crippen molar-refractivity contribution >= 4 is 5.96 Å². The predicted octanol–water partition coefficient (Wildman–Crippen LogP) is 2.33. The maximum Gasteiger partial charge on any atom is 0.191 e. The number of nitrogens with two attached hydrogens (primary N) is 1. The Morgan fingerprint density at radius 2 is 2.24 bits per heavy atom. The molecule has 2 N–H and O–H groups in total. The van der Waals surface area contributed by atoms with E-state index in [9.17, 15) is 0 Å². The Bertz CT molecular complexity index is 285. The molecule has 0 aromatic carbocycles. The first-order valence-electron chi connectivity index (χ1n) is 7.12. The van der Waals surface area contributed by atoms with E-state index in [1.54, 1.807) is 0 Å². The van der Waals surface area contributed by atoms with Gasteiger partial charge in [-0.3, -0.25) is 4.99 Å². The lowest BCUT2D eigenvalue weighted by Crippen LogP contribution is -2.43. The molecule has 0 amide bonds. The highest BCUT2D eigenvalue weighted by atomic mass is 15.3. The fourth-order valence-electron chi connectivity index (χ4n) is 3.01. The number of guanidine groups is 1. The van der Waals surface area contributed by atoms with Gasteiger partial charge in [-0.2, -0.15) is 0 Å². The number of rotatable bonds is 3. The number of nitrogens with zero attached hydrogens (tertiary/aromatic N) is 2. The lowest BCUT2D eigenvalue weighted by molar-refractivity contribution is 0.270. The minimum absolute atomic E-state index is 0.766. The van der Waals surface area contributed by atoms with Gasteiger partial charge in [-0.15, -0.1) is 0 Å². The summed E-state index contributed by atoms with van der Waals surface area (Å²) >= 11 is 0. The van der Waals surface area contributed by atoms with Gasteiger partial charge < -0.3 is 10.6 Å². The number of piperidine rings is 1. The van der Waals surface area contributed by atoms with E-state index in [0.717, 1.165) is 49.3 Å². The molecule has 1 aliphatic carbocycles. The fourth-order valence-corrected chi connectivity index (χ4v) is 3.01. The topological polar surface area (TPSA) is 41.6 Å². The minimum Gasteiger partial charge on any atom is -0.370 e. The molecule has 0 aromatic rings. The van der Waals surface area contributed by atoms with E-state index in [4.69, 9.17) is 5.73 Å². The zero-order chi connectivity index (χ0) is 12.4. The summed E-state index contributed by atoms with van der Waals surface area (Å²) in [6.45, 7) is 10.0. The molecule has 1 heterocycles. The van der Waals surface area contributed by atoms with Crippen LogP contribution >= 0.6 is 0 Å². The highest BCUT2D eigenvalue weighted by Gasteiger charge is 2.38. The summed E-state index contributed by atoms with van der Waals surface area (Å²) < 4.78 is 0. The predicted molar refractivity (Wildman–Crippen MR) is 72.9 cm³/mol. The standard InChI is InChI=1S/C14H27N3/c1-10(2)13-7-12(13)8-16-14(15)17-6-4-5-11(3)9-17/h10-13H,4-9H2,1-3H3,(H2,15,16)/t11?,12-,13-/m0/s1. The summed E-state index contributed by atoms with van der Waals surface area (Å²) in [5.74, 6) is 4.06. The summed E-state index contributed by atoms with van der Waals surface area (Å²) in [4.78, 5) is 6.86.